The summed E-state index contributed by atoms with van der Waals surface area (Å²) in [6, 6.07) is 0.280. The van der Waals surface area contributed by atoms with Crippen molar-refractivity contribution in [3.05, 3.63) is 6.33 Å². The Labute approximate surface area is 111 Å². The molecule has 0 radical (unpaired) electrons. The lowest BCUT2D eigenvalue weighted by Gasteiger charge is -2.10. The zero-order valence-corrected chi connectivity index (χ0v) is 12.0. The Morgan fingerprint density at radius 1 is 1.50 bits per heavy atom. The summed E-state index contributed by atoms with van der Waals surface area (Å²) >= 11 is 1.35. The van der Waals surface area contributed by atoms with Crippen LogP contribution in [0.3, 0.4) is 0 Å². The van der Waals surface area contributed by atoms with Crippen molar-refractivity contribution in [1.82, 2.24) is 20.2 Å². The normalized spacial score (nSPS) is 11.2. The standard InChI is InChI=1S/C11H20N4O2S/c1-8(2)5-17-14-10(16)6-18-11-13-12-7-15(11)9(3)4/h7-9H,5-6H2,1-4H3,(H,14,16). The highest BCUT2D eigenvalue weighted by Crippen LogP contribution is 2.18. The van der Waals surface area contributed by atoms with E-state index in [9.17, 15) is 4.79 Å². The molecule has 0 unspecified atom stereocenters. The fraction of sp³-hybridized carbons (Fsp3) is 0.727. The number of carbonyl (C=O) groups is 1. The summed E-state index contributed by atoms with van der Waals surface area (Å²) in [5.74, 6) is 0.490. The van der Waals surface area contributed by atoms with Gasteiger partial charge in [-0.05, 0) is 19.8 Å². The van der Waals surface area contributed by atoms with Gasteiger partial charge in [-0.3, -0.25) is 9.63 Å². The topological polar surface area (TPSA) is 69.0 Å². The third kappa shape index (κ3) is 5.05. The molecule has 0 atom stereocenters. The fourth-order valence-electron chi connectivity index (χ4n) is 1.14. The Balaban J connectivity index is 2.31. The number of aromatic nitrogens is 3. The molecule has 0 saturated heterocycles. The zero-order valence-electron chi connectivity index (χ0n) is 11.2. The van der Waals surface area contributed by atoms with Crippen molar-refractivity contribution in [2.75, 3.05) is 12.4 Å². The minimum atomic E-state index is -0.168. The van der Waals surface area contributed by atoms with Crippen LogP contribution in [0.5, 0.6) is 0 Å². The summed E-state index contributed by atoms with van der Waals surface area (Å²) < 4.78 is 1.92. The molecule has 0 saturated carbocycles. The number of amides is 1. The summed E-state index contributed by atoms with van der Waals surface area (Å²) in [6.45, 7) is 8.63. The number of hydrogen-bond donors (Lipinski definition) is 1. The SMILES string of the molecule is CC(C)CONC(=O)CSc1nncn1C(C)C. The Morgan fingerprint density at radius 3 is 2.83 bits per heavy atom. The Kier molecular flexibility index (Phi) is 6.14. The lowest BCUT2D eigenvalue weighted by molar-refractivity contribution is -0.131. The molecule has 6 nitrogen and oxygen atoms in total. The molecule has 0 spiro atoms. The molecule has 1 aromatic rings. The van der Waals surface area contributed by atoms with E-state index in [1.165, 1.54) is 11.8 Å². The predicted molar refractivity (Wildman–Crippen MR) is 70.1 cm³/mol. The van der Waals surface area contributed by atoms with Gasteiger partial charge < -0.3 is 4.57 Å². The molecule has 1 amide bonds. The van der Waals surface area contributed by atoms with Crippen molar-refractivity contribution in [3.8, 4) is 0 Å². The Hall–Kier alpha value is -1.08. The number of nitrogens with one attached hydrogen (secondary N) is 1. The maximum absolute atomic E-state index is 11.5. The average molecular weight is 272 g/mol. The fourth-order valence-corrected chi connectivity index (χ4v) is 1.97. The molecule has 102 valence electrons. The highest BCUT2D eigenvalue weighted by atomic mass is 32.2. The van der Waals surface area contributed by atoms with E-state index < -0.39 is 0 Å². The summed E-state index contributed by atoms with van der Waals surface area (Å²) in [7, 11) is 0. The molecule has 18 heavy (non-hydrogen) atoms. The monoisotopic (exact) mass is 272 g/mol. The number of hydrogen-bond acceptors (Lipinski definition) is 5. The molecule has 0 fully saturated rings. The quantitative estimate of drug-likeness (QED) is 0.604. The lowest BCUT2D eigenvalue weighted by atomic mass is 10.2. The van der Waals surface area contributed by atoms with E-state index in [0.29, 0.717) is 12.5 Å². The van der Waals surface area contributed by atoms with E-state index in [4.69, 9.17) is 4.84 Å². The van der Waals surface area contributed by atoms with E-state index in [-0.39, 0.29) is 17.7 Å². The molecular formula is C11H20N4O2S. The van der Waals surface area contributed by atoms with Gasteiger partial charge in [0, 0.05) is 6.04 Å². The number of carbonyl (C=O) groups excluding carboxylic acids is 1. The van der Waals surface area contributed by atoms with Gasteiger partial charge in [-0.15, -0.1) is 10.2 Å². The maximum Gasteiger partial charge on any atom is 0.254 e. The van der Waals surface area contributed by atoms with Gasteiger partial charge >= 0.3 is 0 Å². The first-order valence-corrected chi connectivity index (χ1v) is 6.92. The number of nitrogens with zero attached hydrogens (tertiary/aromatic N) is 3. The second-order valence-electron chi connectivity index (χ2n) is 4.63. The van der Waals surface area contributed by atoms with E-state index >= 15 is 0 Å². The van der Waals surface area contributed by atoms with Crippen molar-refractivity contribution >= 4 is 17.7 Å². The third-order valence-electron chi connectivity index (χ3n) is 2.03. The van der Waals surface area contributed by atoms with Crippen LogP contribution in [0.4, 0.5) is 0 Å². The highest BCUT2D eigenvalue weighted by molar-refractivity contribution is 7.99. The predicted octanol–water partition coefficient (Wildman–Crippen LogP) is 1.65. The number of rotatable bonds is 7. The van der Waals surface area contributed by atoms with Crippen molar-refractivity contribution in [3.63, 3.8) is 0 Å². The van der Waals surface area contributed by atoms with Crippen LogP contribution in [0.25, 0.3) is 0 Å². The maximum atomic E-state index is 11.5. The Bertz CT molecular complexity index is 379. The summed E-state index contributed by atoms with van der Waals surface area (Å²) in [6.07, 6.45) is 1.67. The van der Waals surface area contributed by atoms with E-state index in [1.54, 1.807) is 6.33 Å². The largest absolute Gasteiger partial charge is 0.306 e. The third-order valence-corrected chi connectivity index (χ3v) is 2.99. The van der Waals surface area contributed by atoms with Crippen molar-refractivity contribution < 1.29 is 9.63 Å². The van der Waals surface area contributed by atoms with Crippen molar-refractivity contribution in [1.29, 1.82) is 0 Å². The van der Waals surface area contributed by atoms with Gasteiger partial charge in [0.25, 0.3) is 5.91 Å². The lowest BCUT2D eigenvalue weighted by Crippen LogP contribution is -2.27. The Morgan fingerprint density at radius 2 is 2.22 bits per heavy atom. The highest BCUT2D eigenvalue weighted by Gasteiger charge is 2.10. The molecule has 0 aromatic carbocycles. The van der Waals surface area contributed by atoms with Gasteiger partial charge in [-0.1, -0.05) is 25.6 Å². The summed E-state index contributed by atoms with van der Waals surface area (Å²) in [5.41, 5.74) is 2.41. The second-order valence-corrected chi connectivity index (χ2v) is 5.58. The van der Waals surface area contributed by atoms with Gasteiger partial charge in [-0.2, -0.15) is 0 Å². The molecule has 0 aliphatic heterocycles. The molecule has 1 heterocycles. The molecule has 0 bridgehead atoms. The number of hydroxylamine groups is 1. The first kappa shape index (κ1) is 15.0. The van der Waals surface area contributed by atoms with Crippen molar-refractivity contribution in [2.24, 2.45) is 5.92 Å². The molecular weight excluding hydrogens is 252 g/mol. The minimum absolute atomic E-state index is 0.168. The van der Waals surface area contributed by atoms with E-state index in [1.807, 2.05) is 32.3 Å². The molecule has 7 heteroatoms. The first-order chi connectivity index (χ1) is 8.50. The van der Waals surface area contributed by atoms with E-state index in [0.717, 1.165) is 5.16 Å². The average Bonchev–Trinajstić information content (AvgIpc) is 2.74. The molecule has 0 aliphatic carbocycles. The smallest absolute Gasteiger partial charge is 0.254 e. The van der Waals surface area contributed by atoms with Gasteiger partial charge in [-0.25, -0.2) is 5.48 Å². The van der Waals surface area contributed by atoms with Crippen LogP contribution in [-0.4, -0.2) is 33.0 Å². The first-order valence-electron chi connectivity index (χ1n) is 5.93. The molecule has 1 aromatic heterocycles. The second kappa shape index (κ2) is 7.38. The van der Waals surface area contributed by atoms with Crippen LogP contribution in [0.15, 0.2) is 11.5 Å². The molecule has 1 N–H and O–H groups in total. The van der Waals surface area contributed by atoms with Crippen LogP contribution in [0, 0.1) is 5.92 Å². The summed E-state index contributed by atoms with van der Waals surface area (Å²) in [5, 5.41) is 8.55. The molecule has 1 rings (SSSR count). The number of thioether (sulfide) groups is 1. The van der Waals surface area contributed by atoms with E-state index in [2.05, 4.69) is 15.7 Å². The minimum Gasteiger partial charge on any atom is -0.306 e. The molecule has 0 aliphatic rings. The van der Waals surface area contributed by atoms with Gasteiger partial charge in [0.2, 0.25) is 0 Å². The van der Waals surface area contributed by atoms with Crippen LogP contribution < -0.4 is 5.48 Å². The zero-order chi connectivity index (χ0) is 13.5. The van der Waals surface area contributed by atoms with Crippen LogP contribution in [-0.2, 0) is 9.63 Å². The van der Waals surface area contributed by atoms with Crippen LogP contribution >= 0.6 is 11.8 Å². The van der Waals surface area contributed by atoms with Crippen molar-refractivity contribution in [2.45, 2.75) is 38.9 Å². The summed E-state index contributed by atoms with van der Waals surface area (Å²) in [4.78, 5) is 16.5. The van der Waals surface area contributed by atoms with Gasteiger partial charge in [0.1, 0.15) is 6.33 Å². The van der Waals surface area contributed by atoms with Crippen LogP contribution in [0.2, 0.25) is 0 Å². The van der Waals surface area contributed by atoms with Crippen LogP contribution in [0.1, 0.15) is 33.7 Å². The van der Waals surface area contributed by atoms with Gasteiger partial charge in [0.05, 0.1) is 12.4 Å². The van der Waals surface area contributed by atoms with Gasteiger partial charge in [0.15, 0.2) is 5.16 Å².